The molecule has 1 aliphatic rings. The van der Waals surface area contributed by atoms with E-state index in [0.29, 0.717) is 0 Å². The summed E-state index contributed by atoms with van der Waals surface area (Å²) in [7, 11) is 0. The monoisotopic (exact) mass is 380 g/mol. The molecule has 0 fully saturated rings. The van der Waals surface area contributed by atoms with Crippen molar-refractivity contribution in [2.24, 2.45) is 5.73 Å². The molecule has 132 valence electrons. The number of allylic oxidation sites excluding steroid dienone is 1. The van der Waals surface area contributed by atoms with Gasteiger partial charge in [0.2, 0.25) is 5.52 Å². The van der Waals surface area contributed by atoms with E-state index in [-0.39, 0.29) is 0 Å². The Morgan fingerprint density at radius 1 is 1.12 bits per heavy atom. The van der Waals surface area contributed by atoms with E-state index in [1.54, 1.807) is 23.1 Å². The van der Waals surface area contributed by atoms with Gasteiger partial charge in [-0.15, -0.1) is 0 Å². The van der Waals surface area contributed by atoms with Gasteiger partial charge in [-0.3, -0.25) is 0 Å². The van der Waals surface area contributed by atoms with Crippen molar-refractivity contribution in [2.45, 2.75) is 25.3 Å². The molecular formula is C21H22N3S2+. The fourth-order valence-corrected chi connectivity index (χ4v) is 5.67. The summed E-state index contributed by atoms with van der Waals surface area (Å²) in [4.78, 5) is 3.61. The minimum absolute atomic E-state index is 0.785. The van der Waals surface area contributed by atoms with Crippen molar-refractivity contribution in [3.8, 4) is 0 Å². The van der Waals surface area contributed by atoms with E-state index in [1.165, 1.54) is 30.8 Å². The van der Waals surface area contributed by atoms with Gasteiger partial charge in [0.25, 0.3) is 5.01 Å². The Bertz CT molecular complexity index is 1020. The molecule has 2 heterocycles. The number of nitrogens with two attached hydrogens (primary N) is 1. The first-order chi connectivity index (χ1) is 12.7. The lowest BCUT2D eigenvalue weighted by Crippen LogP contribution is -2.33. The molecule has 5 heteroatoms. The number of nitrogens with zero attached hydrogens (tertiary/aromatic N) is 2. The first kappa shape index (κ1) is 17.2. The van der Waals surface area contributed by atoms with Gasteiger partial charge in [-0.05, 0) is 38.1 Å². The van der Waals surface area contributed by atoms with Gasteiger partial charge >= 0.3 is 0 Å². The molecule has 0 aliphatic carbocycles. The summed E-state index contributed by atoms with van der Waals surface area (Å²) in [6.45, 7) is 6.21. The van der Waals surface area contributed by atoms with Crippen LogP contribution in [0.25, 0.3) is 16.3 Å². The van der Waals surface area contributed by atoms with Crippen LogP contribution in [0.3, 0.4) is 0 Å². The summed E-state index contributed by atoms with van der Waals surface area (Å²) < 4.78 is 3.61. The Morgan fingerprint density at radius 2 is 1.88 bits per heavy atom. The quantitative estimate of drug-likeness (QED) is 0.648. The van der Waals surface area contributed by atoms with Crippen molar-refractivity contribution >= 4 is 45.1 Å². The number of aryl methyl sites for hydroxylation is 1. The molecule has 0 radical (unpaired) electrons. The van der Waals surface area contributed by atoms with Crippen LogP contribution in [0, 0.1) is 0 Å². The third-order valence-electron chi connectivity index (χ3n) is 4.49. The fourth-order valence-electron chi connectivity index (χ4n) is 3.30. The third kappa shape index (κ3) is 3.02. The number of hydrogen-bond donors (Lipinski definition) is 1. The Morgan fingerprint density at radius 3 is 2.69 bits per heavy atom. The SMILES string of the molecule is CCN1/C(=C/C(N)=C/c2sc3ccccc3[n+]2CC)Sc2ccccc21. The molecule has 1 aliphatic heterocycles. The fraction of sp³-hybridized carbons (Fsp3) is 0.190. The summed E-state index contributed by atoms with van der Waals surface area (Å²) >= 11 is 3.57. The summed E-state index contributed by atoms with van der Waals surface area (Å²) in [5, 5.41) is 2.37. The Labute approximate surface area is 162 Å². The largest absolute Gasteiger partial charge is 0.398 e. The van der Waals surface area contributed by atoms with Crippen molar-refractivity contribution in [3.05, 3.63) is 70.3 Å². The number of anilines is 1. The summed E-state index contributed by atoms with van der Waals surface area (Å²) in [6.07, 6.45) is 4.19. The second-order valence-corrected chi connectivity index (χ2v) is 8.22. The van der Waals surface area contributed by atoms with Crippen LogP contribution in [-0.2, 0) is 6.54 Å². The smallest absolute Gasteiger partial charge is 0.264 e. The Hall–Kier alpha value is -2.24. The van der Waals surface area contributed by atoms with Crippen LogP contribution < -0.4 is 15.2 Å². The van der Waals surface area contributed by atoms with Gasteiger partial charge in [-0.2, -0.15) is 4.57 Å². The lowest BCUT2D eigenvalue weighted by molar-refractivity contribution is -0.665. The zero-order valence-corrected chi connectivity index (χ0v) is 16.6. The van der Waals surface area contributed by atoms with Gasteiger partial charge in [0.1, 0.15) is 11.2 Å². The molecule has 0 saturated heterocycles. The van der Waals surface area contributed by atoms with Crippen LogP contribution in [-0.4, -0.2) is 6.54 Å². The zero-order chi connectivity index (χ0) is 18.1. The Kier molecular flexibility index (Phi) is 4.74. The minimum Gasteiger partial charge on any atom is -0.398 e. The van der Waals surface area contributed by atoms with Crippen LogP contribution in [0.4, 0.5) is 5.69 Å². The van der Waals surface area contributed by atoms with Crippen LogP contribution in [0.2, 0.25) is 0 Å². The van der Waals surface area contributed by atoms with Crippen LogP contribution in [0.1, 0.15) is 18.9 Å². The number of rotatable bonds is 4. The number of hydrogen-bond acceptors (Lipinski definition) is 4. The summed E-state index contributed by atoms with van der Waals surface area (Å²) in [6, 6.07) is 17.0. The van der Waals surface area contributed by atoms with Gasteiger partial charge in [-0.25, -0.2) is 0 Å². The van der Waals surface area contributed by atoms with Gasteiger partial charge in [-0.1, -0.05) is 47.4 Å². The molecule has 2 N–H and O–H groups in total. The highest BCUT2D eigenvalue weighted by Gasteiger charge is 2.23. The lowest BCUT2D eigenvalue weighted by Gasteiger charge is -2.17. The lowest BCUT2D eigenvalue weighted by atomic mass is 10.3. The topological polar surface area (TPSA) is 33.1 Å². The predicted octanol–water partition coefficient (Wildman–Crippen LogP) is 4.98. The molecule has 0 atom stereocenters. The zero-order valence-electron chi connectivity index (χ0n) is 15.0. The van der Waals surface area contributed by atoms with E-state index in [0.717, 1.165) is 18.8 Å². The average Bonchev–Trinajstić information content (AvgIpc) is 3.17. The molecule has 4 rings (SSSR count). The first-order valence-electron chi connectivity index (χ1n) is 8.86. The maximum Gasteiger partial charge on any atom is 0.264 e. The van der Waals surface area contributed by atoms with Crippen molar-refractivity contribution in [3.63, 3.8) is 0 Å². The number of fused-ring (bicyclic) bond motifs is 2. The second kappa shape index (κ2) is 7.17. The van der Waals surface area contributed by atoms with Crippen LogP contribution in [0.5, 0.6) is 0 Å². The highest BCUT2D eigenvalue weighted by molar-refractivity contribution is 8.03. The highest BCUT2D eigenvalue weighted by atomic mass is 32.2. The van der Waals surface area contributed by atoms with E-state index < -0.39 is 0 Å². The number of para-hydroxylation sites is 2. The van der Waals surface area contributed by atoms with Gasteiger partial charge in [0.15, 0.2) is 0 Å². The van der Waals surface area contributed by atoms with E-state index in [2.05, 4.69) is 84.0 Å². The molecule has 1 aromatic heterocycles. The standard InChI is InChI=1S/C21H21N3S2/c1-3-23-16-9-5-7-11-18(16)25-20(23)13-15(22)14-21-24(4-2)17-10-6-8-12-19(17)26-21/h5-14,22H,3-4H2,1-2H3/p+1/b20-13-. The molecule has 3 nitrogen and oxygen atoms in total. The maximum atomic E-state index is 6.42. The van der Waals surface area contributed by atoms with E-state index in [4.69, 9.17) is 5.73 Å². The summed E-state index contributed by atoms with van der Waals surface area (Å²) in [5.74, 6) is 0. The second-order valence-electron chi connectivity index (χ2n) is 6.09. The number of aromatic nitrogens is 1. The number of thioether (sulfide) groups is 1. The molecule has 2 aromatic carbocycles. The van der Waals surface area contributed by atoms with Crippen LogP contribution >= 0.6 is 23.1 Å². The highest BCUT2D eigenvalue weighted by Crippen LogP contribution is 2.45. The minimum atomic E-state index is 0.785. The van der Waals surface area contributed by atoms with Gasteiger partial charge in [0, 0.05) is 29.3 Å². The van der Waals surface area contributed by atoms with Crippen molar-refractivity contribution in [1.29, 1.82) is 0 Å². The molecule has 0 saturated carbocycles. The van der Waals surface area contributed by atoms with E-state index in [1.807, 2.05) is 0 Å². The molecule has 3 aromatic rings. The predicted molar refractivity (Wildman–Crippen MR) is 113 cm³/mol. The molecule has 26 heavy (non-hydrogen) atoms. The van der Waals surface area contributed by atoms with Crippen LogP contribution in [0.15, 0.2) is 70.2 Å². The molecule has 0 spiro atoms. The van der Waals surface area contributed by atoms with E-state index in [9.17, 15) is 0 Å². The van der Waals surface area contributed by atoms with Gasteiger partial charge < -0.3 is 10.6 Å². The van der Waals surface area contributed by atoms with E-state index >= 15 is 0 Å². The molecule has 0 amide bonds. The molecule has 0 bridgehead atoms. The molecular weight excluding hydrogens is 358 g/mol. The first-order valence-corrected chi connectivity index (χ1v) is 10.5. The van der Waals surface area contributed by atoms with Crippen molar-refractivity contribution in [2.75, 3.05) is 11.4 Å². The molecule has 0 unspecified atom stereocenters. The maximum absolute atomic E-state index is 6.42. The van der Waals surface area contributed by atoms with Crippen molar-refractivity contribution in [1.82, 2.24) is 0 Å². The Balaban J connectivity index is 1.70. The van der Waals surface area contributed by atoms with Gasteiger partial charge in [0.05, 0.1) is 10.7 Å². The summed E-state index contributed by atoms with van der Waals surface area (Å²) in [5.41, 5.74) is 9.74. The normalized spacial score (nSPS) is 15.8. The average molecular weight is 381 g/mol. The number of benzene rings is 2. The number of thiazole rings is 1. The third-order valence-corrected chi connectivity index (χ3v) is 6.71. The van der Waals surface area contributed by atoms with Crippen molar-refractivity contribution < 1.29 is 4.57 Å².